The third-order valence-corrected chi connectivity index (χ3v) is 6.14. The van der Waals surface area contributed by atoms with E-state index in [9.17, 15) is 25.9 Å². The van der Waals surface area contributed by atoms with Crippen molar-refractivity contribution >= 4 is 31.3 Å². The summed E-state index contributed by atoms with van der Waals surface area (Å²) in [6.45, 7) is 0.831. The summed E-state index contributed by atoms with van der Waals surface area (Å²) in [5.74, 6) is 0.907. The molecule has 0 saturated heterocycles. The Balaban J connectivity index is 2.11. The molecular formula is C16H14NO8S2+. The van der Waals surface area contributed by atoms with Gasteiger partial charge < -0.3 is 9.15 Å². The highest BCUT2D eigenvalue weighted by atomic mass is 32.2. The first-order chi connectivity index (χ1) is 12.7. The van der Waals surface area contributed by atoms with E-state index in [1.807, 2.05) is 0 Å². The summed E-state index contributed by atoms with van der Waals surface area (Å²) in [6, 6.07) is 8.93. The summed E-state index contributed by atoms with van der Waals surface area (Å²) in [6.07, 6.45) is 0.585. The van der Waals surface area contributed by atoms with Crippen molar-refractivity contribution < 1.29 is 39.7 Å². The minimum absolute atomic E-state index is 0.0433. The molecule has 0 radical (unpaired) electrons. The molecule has 2 heterocycles. The molecular weight excluding hydrogens is 398 g/mol. The molecule has 1 aliphatic heterocycles. The average molecular weight is 412 g/mol. The molecule has 3 aromatic rings. The van der Waals surface area contributed by atoms with E-state index in [2.05, 4.69) is 0 Å². The van der Waals surface area contributed by atoms with Gasteiger partial charge in [-0.25, -0.2) is 0 Å². The monoisotopic (exact) mass is 412 g/mol. The van der Waals surface area contributed by atoms with Crippen LogP contribution in [0.25, 0.3) is 22.6 Å². The molecule has 0 amide bonds. The second-order valence-electron chi connectivity index (χ2n) is 5.97. The van der Waals surface area contributed by atoms with Crippen molar-refractivity contribution in [3.8, 4) is 17.2 Å². The number of ether oxygens (including phenoxy) is 1. The number of fused-ring (bicyclic) bond motifs is 5. The van der Waals surface area contributed by atoms with Crippen molar-refractivity contribution in [1.82, 2.24) is 0 Å². The van der Waals surface area contributed by atoms with Crippen LogP contribution in [0.15, 0.2) is 50.6 Å². The average Bonchev–Trinajstić information content (AvgIpc) is 2.91. The summed E-state index contributed by atoms with van der Waals surface area (Å²) in [7, 11) is -9.83. The zero-order chi connectivity index (χ0) is 19.4. The van der Waals surface area contributed by atoms with Gasteiger partial charge in [-0.1, -0.05) is 12.1 Å². The van der Waals surface area contributed by atoms with E-state index in [-0.39, 0.29) is 11.1 Å². The van der Waals surface area contributed by atoms with Gasteiger partial charge in [0.05, 0.1) is 6.61 Å². The Morgan fingerprint density at radius 1 is 0.963 bits per heavy atom. The van der Waals surface area contributed by atoms with E-state index in [0.717, 1.165) is 12.1 Å². The van der Waals surface area contributed by atoms with E-state index in [0.29, 0.717) is 36.8 Å². The Kier molecular flexibility index (Phi) is 4.00. The van der Waals surface area contributed by atoms with Gasteiger partial charge in [0, 0.05) is 18.6 Å². The minimum atomic E-state index is -4.92. The number of para-hydroxylation sites is 1. The van der Waals surface area contributed by atoms with E-state index < -0.39 is 30.0 Å². The lowest BCUT2D eigenvalue weighted by atomic mass is 10.2. The van der Waals surface area contributed by atoms with Crippen LogP contribution in [0.5, 0.6) is 5.75 Å². The van der Waals surface area contributed by atoms with Crippen LogP contribution in [0.3, 0.4) is 0 Å². The van der Waals surface area contributed by atoms with Crippen LogP contribution in [0, 0.1) is 0 Å². The smallest absolute Gasteiger partial charge is 0.385 e. The molecule has 27 heavy (non-hydrogen) atoms. The van der Waals surface area contributed by atoms with Crippen LogP contribution in [0.2, 0.25) is 0 Å². The second kappa shape index (κ2) is 6.02. The first-order valence-corrected chi connectivity index (χ1v) is 10.7. The number of oxazole rings is 1. The Bertz CT molecular complexity index is 1280. The molecule has 0 fully saturated rings. The van der Waals surface area contributed by atoms with Gasteiger partial charge in [0.15, 0.2) is 6.54 Å². The normalized spacial score (nSPS) is 14.7. The van der Waals surface area contributed by atoms with Crippen LogP contribution >= 0.6 is 0 Å². The van der Waals surface area contributed by atoms with Crippen molar-refractivity contribution in [2.24, 2.45) is 0 Å². The van der Waals surface area contributed by atoms with Crippen LogP contribution < -0.4 is 9.30 Å². The number of hydrogen-bond acceptors (Lipinski definition) is 6. The van der Waals surface area contributed by atoms with E-state index in [1.165, 1.54) is 0 Å². The van der Waals surface area contributed by atoms with Gasteiger partial charge in [-0.15, -0.1) is 0 Å². The van der Waals surface area contributed by atoms with Crippen molar-refractivity contribution in [2.45, 2.75) is 22.8 Å². The molecule has 1 aliphatic rings. The molecule has 0 atom stereocenters. The van der Waals surface area contributed by atoms with Crippen LogP contribution in [0.1, 0.15) is 6.42 Å². The zero-order valence-electron chi connectivity index (χ0n) is 13.7. The number of nitrogens with zero attached hydrogens (tertiary/aromatic N) is 1. The minimum Gasteiger partial charge on any atom is -0.492 e. The van der Waals surface area contributed by atoms with Crippen molar-refractivity contribution in [2.75, 3.05) is 6.61 Å². The number of aromatic nitrogens is 1. The summed E-state index contributed by atoms with van der Waals surface area (Å²) < 4.78 is 78.5. The molecule has 0 unspecified atom stereocenters. The fourth-order valence-electron chi connectivity index (χ4n) is 3.09. The maximum absolute atomic E-state index is 11.7. The highest BCUT2D eigenvalue weighted by Crippen LogP contribution is 2.34. The summed E-state index contributed by atoms with van der Waals surface area (Å²) in [5, 5.41) is 0. The number of rotatable bonds is 2. The number of benzene rings is 2. The number of aryl methyl sites for hydroxylation is 1. The Morgan fingerprint density at radius 3 is 2.33 bits per heavy atom. The van der Waals surface area contributed by atoms with Gasteiger partial charge >= 0.3 is 5.89 Å². The fraction of sp³-hybridized carbons (Fsp3) is 0.188. The lowest BCUT2D eigenvalue weighted by Crippen LogP contribution is -2.36. The van der Waals surface area contributed by atoms with Gasteiger partial charge in [0.2, 0.25) is 5.58 Å². The summed E-state index contributed by atoms with van der Waals surface area (Å²) >= 11 is 0. The molecule has 142 valence electrons. The Labute approximate surface area is 154 Å². The molecule has 11 heteroatoms. The van der Waals surface area contributed by atoms with E-state index in [1.54, 1.807) is 28.8 Å². The second-order valence-corrected chi connectivity index (χ2v) is 8.75. The first-order valence-electron chi connectivity index (χ1n) is 7.84. The van der Waals surface area contributed by atoms with Gasteiger partial charge in [-0.2, -0.15) is 21.4 Å². The Hall–Kier alpha value is -2.47. The lowest BCUT2D eigenvalue weighted by molar-refractivity contribution is -0.665. The molecule has 2 aromatic carbocycles. The highest BCUT2D eigenvalue weighted by molar-refractivity contribution is 7.89. The topological polar surface area (TPSA) is 135 Å². The quantitative estimate of drug-likeness (QED) is 0.479. The first kappa shape index (κ1) is 17.9. The van der Waals surface area contributed by atoms with Crippen LogP contribution in [0.4, 0.5) is 0 Å². The van der Waals surface area contributed by atoms with E-state index in [4.69, 9.17) is 9.15 Å². The van der Waals surface area contributed by atoms with Gasteiger partial charge in [0.1, 0.15) is 21.1 Å². The predicted molar refractivity (Wildman–Crippen MR) is 91.6 cm³/mol. The molecule has 0 saturated carbocycles. The third-order valence-electron chi connectivity index (χ3n) is 4.22. The van der Waals surface area contributed by atoms with Crippen molar-refractivity contribution in [3.63, 3.8) is 0 Å². The fourth-order valence-corrected chi connectivity index (χ4v) is 4.87. The zero-order valence-corrected chi connectivity index (χ0v) is 15.3. The summed E-state index contributed by atoms with van der Waals surface area (Å²) in [4.78, 5) is -1.87. The SMILES string of the molecule is O=S(=O)(O)c1cc2oc3[n+](c2cc1S(=O)(=O)O)CCCOc1ccccc1-3. The molecule has 0 spiro atoms. The standard InChI is InChI=1S/C16H13NO8S2/c18-26(19,20)14-8-11-13(9-15(14)27(21,22)23)25-16-10-4-1-2-5-12(10)24-7-3-6-17(11)16/h1-2,4-5,8-9H,3,6-7H2,(H-,18,19,20,21,22,23)/p+1. The van der Waals surface area contributed by atoms with Gasteiger partial charge in [0.25, 0.3) is 25.8 Å². The highest BCUT2D eigenvalue weighted by Gasteiger charge is 2.33. The number of hydrogen-bond donors (Lipinski definition) is 2. The molecule has 0 aliphatic carbocycles. The maximum Gasteiger partial charge on any atom is 0.385 e. The Morgan fingerprint density at radius 2 is 1.63 bits per heavy atom. The molecule has 1 aromatic heterocycles. The molecule has 2 N–H and O–H groups in total. The predicted octanol–water partition coefficient (Wildman–Crippen LogP) is 1.66. The lowest BCUT2D eigenvalue weighted by Gasteiger charge is -2.10. The maximum atomic E-state index is 11.7. The van der Waals surface area contributed by atoms with Gasteiger partial charge in [-0.05, 0) is 12.1 Å². The van der Waals surface area contributed by atoms with Crippen LogP contribution in [-0.2, 0) is 26.8 Å². The van der Waals surface area contributed by atoms with Crippen molar-refractivity contribution in [1.29, 1.82) is 0 Å². The molecule has 9 nitrogen and oxygen atoms in total. The molecule has 4 rings (SSSR count). The largest absolute Gasteiger partial charge is 0.492 e. The van der Waals surface area contributed by atoms with Gasteiger partial charge in [-0.3, -0.25) is 9.11 Å². The van der Waals surface area contributed by atoms with Crippen molar-refractivity contribution in [3.05, 3.63) is 36.4 Å². The molecule has 0 bridgehead atoms. The summed E-state index contributed by atoms with van der Waals surface area (Å²) in [5.41, 5.74) is 0.915. The third kappa shape index (κ3) is 3.08. The van der Waals surface area contributed by atoms with Crippen LogP contribution in [-0.4, -0.2) is 32.5 Å². The van der Waals surface area contributed by atoms with E-state index >= 15 is 0 Å².